The summed E-state index contributed by atoms with van der Waals surface area (Å²) >= 11 is 5.87. The van der Waals surface area contributed by atoms with Crippen LogP contribution in [-0.4, -0.2) is 28.8 Å². The predicted octanol–water partition coefficient (Wildman–Crippen LogP) is 4.04. The average molecular weight is 311 g/mol. The van der Waals surface area contributed by atoms with Gasteiger partial charge in [0.2, 0.25) is 0 Å². The maximum absolute atomic E-state index is 12.5. The van der Waals surface area contributed by atoms with Crippen LogP contribution in [0.15, 0.2) is 18.2 Å². The van der Waals surface area contributed by atoms with Crippen LogP contribution in [0.25, 0.3) is 0 Å². The summed E-state index contributed by atoms with van der Waals surface area (Å²) in [7, 11) is 1.80. The van der Waals surface area contributed by atoms with Crippen molar-refractivity contribution in [3.8, 4) is 0 Å². The minimum atomic E-state index is -0.550. The fourth-order valence-electron chi connectivity index (χ4n) is 2.80. The highest BCUT2D eigenvalue weighted by atomic mass is 35.5. The van der Waals surface area contributed by atoms with E-state index in [4.69, 9.17) is 11.6 Å². The van der Waals surface area contributed by atoms with Crippen LogP contribution in [0.2, 0.25) is 5.02 Å². The van der Waals surface area contributed by atoms with Crippen molar-refractivity contribution in [3.05, 3.63) is 38.9 Å². The summed E-state index contributed by atoms with van der Waals surface area (Å²) in [5.41, 5.74) is 0.225. The van der Waals surface area contributed by atoms with Gasteiger partial charge in [-0.1, -0.05) is 37.3 Å². The highest BCUT2D eigenvalue weighted by Gasteiger charge is 2.23. The third-order valence-electron chi connectivity index (χ3n) is 4.08. The van der Waals surface area contributed by atoms with Crippen molar-refractivity contribution in [3.63, 3.8) is 0 Å². The Kier molecular flexibility index (Phi) is 5.17. The van der Waals surface area contributed by atoms with Crippen molar-refractivity contribution < 1.29 is 9.72 Å². The molecule has 1 fully saturated rings. The van der Waals surface area contributed by atoms with Crippen molar-refractivity contribution in [1.29, 1.82) is 0 Å². The van der Waals surface area contributed by atoms with E-state index in [2.05, 4.69) is 0 Å². The molecule has 0 aromatic heterocycles. The van der Waals surface area contributed by atoms with Gasteiger partial charge >= 0.3 is 0 Å². The highest BCUT2D eigenvalue weighted by Crippen LogP contribution is 2.27. The summed E-state index contributed by atoms with van der Waals surface area (Å²) in [5.74, 6) is -0.126. The lowest BCUT2D eigenvalue weighted by Gasteiger charge is -2.27. The summed E-state index contributed by atoms with van der Waals surface area (Å²) in [4.78, 5) is 24.4. The molecule has 2 rings (SSSR count). The number of hydrogen-bond acceptors (Lipinski definition) is 3. The smallest absolute Gasteiger partial charge is 0.287 e. The number of nitro benzene ring substituents is 1. The van der Waals surface area contributed by atoms with E-state index < -0.39 is 4.92 Å². The molecule has 1 aliphatic carbocycles. The molecule has 1 saturated carbocycles. The van der Waals surface area contributed by atoms with Crippen molar-refractivity contribution in [2.75, 3.05) is 7.05 Å². The number of hydrogen-bond donors (Lipinski definition) is 0. The Labute approximate surface area is 129 Å². The van der Waals surface area contributed by atoms with Gasteiger partial charge in [-0.25, -0.2) is 0 Å². The zero-order valence-electron chi connectivity index (χ0n) is 12.0. The van der Waals surface area contributed by atoms with Gasteiger partial charge in [0, 0.05) is 24.7 Å². The first-order valence-corrected chi connectivity index (χ1v) is 7.59. The van der Waals surface area contributed by atoms with Crippen LogP contribution in [-0.2, 0) is 0 Å². The zero-order valence-corrected chi connectivity index (χ0v) is 12.8. The minimum Gasteiger partial charge on any atom is -0.339 e. The minimum absolute atomic E-state index is 0.000108. The predicted molar refractivity (Wildman–Crippen MR) is 81.7 cm³/mol. The van der Waals surface area contributed by atoms with Crippen LogP contribution in [0.3, 0.4) is 0 Å². The van der Waals surface area contributed by atoms with Gasteiger partial charge in [0.25, 0.3) is 11.6 Å². The molecule has 1 amide bonds. The van der Waals surface area contributed by atoms with Gasteiger partial charge in [-0.2, -0.15) is 0 Å². The van der Waals surface area contributed by atoms with E-state index in [0.717, 1.165) is 25.7 Å². The maximum Gasteiger partial charge on any atom is 0.287 e. The van der Waals surface area contributed by atoms with Crippen molar-refractivity contribution >= 4 is 23.2 Å². The summed E-state index contributed by atoms with van der Waals surface area (Å²) in [6.07, 6.45) is 6.77. The number of carbonyl (C=O) groups excluding carboxylic acids is 1. The zero-order chi connectivity index (χ0) is 15.4. The molecule has 114 valence electrons. The number of halogens is 1. The average Bonchev–Trinajstić information content (AvgIpc) is 2.74. The lowest BCUT2D eigenvalue weighted by Crippen LogP contribution is -2.36. The normalized spacial score (nSPS) is 16.3. The standard InChI is InChI=1S/C15H19ClN2O3/c1-17(12-6-4-2-3-5-7-12)15(19)11-8-9-14(18(20)21)13(16)10-11/h8-10,12H,2-7H2,1H3. The number of carbonyl (C=O) groups is 1. The second-order valence-electron chi connectivity index (χ2n) is 5.48. The van der Waals surface area contributed by atoms with Crippen LogP contribution < -0.4 is 0 Å². The third kappa shape index (κ3) is 3.73. The molecule has 0 saturated heterocycles. The fraction of sp³-hybridized carbons (Fsp3) is 0.533. The molecule has 1 aromatic rings. The van der Waals surface area contributed by atoms with E-state index in [9.17, 15) is 14.9 Å². The Morgan fingerprint density at radius 3 is 2.43 bits per heavy atom. The number of rotatable bonds is 3. The van der Waals surface area contributed by atoms with Gasteiger partial charge in [-0.3, -0.25) is 14.9 Å². The first kappa shape index (κ1) is 15.8. The number of amides is 1. The van der Waals surface area contributed by atoms with E-state index >= 15 is 0 Å². The second kappa shape index (κ2) is 6.89. The largest absolute Gasteiger partial charge is 0.339 e. The van der Waals surface area contributed by atoms with E-state index in [1.807, 2.05) is 0 Å². The molecule has 0 bridgehead atoms. The maximum atomic E-state index is 12.5. The Morgan fingerprint density at radius 2 is 1.90 bits per heavy atom. The van der Waals surface area contributed by atoms with Gasteiger partial charge in [0.05, 0.1) is 4.92 Å². The first-order valence-electron chi connectivity index (χ1n) is 7.22. The molecule has 1 aromatic carbocycles. The molecule has 0 N–H and O–H groups in total. The highest BCUT2D eigenvalue weighted by molar-refractivity contribution is 6.33. The third-order valence-corrected chi connectivity index (χ3v) is 4.39. The lowest BCUT2D eigenvalue weighted by atomic mass is 10.1. The fourth-order valence-corrected chi connectivity index (χ4v) is 3.05. The summed E-state index contributed by atoms with van der Waals surface area (Å²) in [6, 6.07) is 4.39. The molecule has 0 radical (unpaired) electrons. The van der Waals surface area contributed by atoms with Crippen molar-refractivity contribution in [2.24, 2.45) is 0 Å². The molecule has 6 heteroatoms. The molecule has 0 aliphatic heterocycles. The molecule has 21 heavy (non-hydrogen) atoms. The molecular formula is C15H19ClN2O3. The summed E-state index contributed by atoms with van der Waals surface area (Å²) in [5, 5.41) is 10.7. The van der Waals surface area contributed by atoms with Gasteiger partial charge in [-0.15, -0.1) is 0 Å². The number of nitrogens with zero attached hydrogens (tertiary/aromatic N) is 2. The van der Waals surface area contributed by atoms with Crippen LogP contribution in [0.1, 0.15) is 48.9 Å². The quantitative estimate of drug-likeness (QED) is 0.481. The SMILES string of the molecule is CN(C(=O)c1ccc([N+](=O)[O-])c(Cl)c1)C1CCCCCC1. The van der Waals surface area contributed by atoms with Crippen LogP contribution in [0.4, 0.5) is 5.69 Å². The Hall–Kier alpha value is -1.62. The van der Waals surface area contributed by atoms with E-state index in [0.29, 0.717) is 5.56 Å². The number of benzene rings is 1. The molecular weight excluding hydrogens is 292 g/mol. The van der Waals surface area contributed by atoms with Gasteiger partial charge in [-0.05, 0) is 25.0 Å². The van der Waals surface area contributed by atoms with Gasteiger partial charge in [0.15, 0.2) is 0 Å². The van der Waals surface area contributed by atoms with Crippen LogP contribution in [0, 0.1) is 10.1 Å². The Balaban J connectivity index is 2.15. The topological polar surface area (TPSA) is 63.5 Å². The van der Waals surface area contributed by atoms with E-state index in [-0.39, 0.29) is 22.7 Å². The Morgan fingerprint density at radius 1 is 1.29 bits per heavy atom. The van der Waals surface area contributed by atoms with Crippen LogP contribution >= 0.6 is 11.6 Å². The van der Waals surface area contributed by atoms with Gasteiger partial charge in [0.1, 0.15) is 5.02 Å². The monoisotopic (exact) mass is 310 g/mol. The van der Waals surface area contributed by atoms with Crippen LogP contribution in [0.5, 0.6) is 0 Å². The van der Waals surface area contributed by atoms with Crippen molar-refractivity contribution in [2.45, 2.75) is 44.6 Å². The molecule has 0 heterocycles. The molecule has 5 nitrogen and oxygen atoms in total. The second-order valence-corrected chi connectivity index (χ2v) is 5.89. The van der Waals surface area contributed by atoms with Crippen molar-refractivity contribution in [1.82, 2.24) is 4.90 Å². The van der Waals surface area contributed by atoms with E-state index in [1.54, 1.807) is 11.9 Å². The summed E-state index contributed by atoms with van der Waals surface area (Å²) in [6.45, 7) is 0. The summed E-state index contributed by atoms with van der Waals surface area (Å²) < 4.78 is 0. The number of nitro groups is 1. The molecule has 0 spiro atoms. The molecule has 0 atom stereocenters. The first-order chi connectivity index (χ1) is 10.0. The lowest BCUT2D eigenvalue weighted by molar-refractivity contribution is -0.384. The Bertz CT molecular complexity index is 540. The van der Waals surface area contributed by atoms with E-state index in [1.165, 1.54) is 31.0 Å². The molecule has 1 aliphatic rings. The van der Waals surface area contributed by atoms with Gasteiger partial charge < -0.3 is 4.90 Å². The molecule has 0 unspecified atom stereocenters.